The molecule has 0 radical (unpaired) electrons. The van der Waals surface area contributed by atoms with Crippen LogP contribution < -0.4 is 5.32 Å². The summed E-state index contributed by atoms with van der Waals surface area (Å²) in [4.78, 5) is 16.6. The van der Waals surface area contributed by atoms with Gasteiger partial charge in [-0.25, -0.2) is 0 Å². The van der Waals surface area contributed by atoms with Crippen molar-refractivity contribution in [1.82, 2.24) is 4.98 Å². The quantitative estimate of drug-likeness (QED) is 0.545. The number of amides is 1. The number of hydrogen-bond donors (Lipinski definition) is 1. The van der Waals surface area contributed by atoms with Crippen molar-refractivity contribution in [2.75, 3.05) is 5.32 Å². The highest BCUT2D eigenvalue weighted by Crippen LogP contribution is 2.31. The van der Waals surface area contributed by atoms with E-state index < -0.39 is 0 Å². The van der Waals surface area contributed by atoms with Gasteiger partial charge in [-0.2, -0.15) is 0 Å². The van der Waals surface area contributed by atoms with E-state index in [9.17, 15) is 4.79 Å². The third-order valence-electron chi connectivity index (χ3n) is 4.43. The van der Waals surface area contributed by atoms with Crippen molar-refractivity contribution in [3.05, 3.63) is 83.7 Å². The number of aryl methyl sites for hydroxylation is 2. The van der Waals surface area contributed by atoms with Crippen LogP contribution in [0.2, 0.25) is 0 Å². The number of rotatable bonds is 3. The number of para-hydroxylation sites is 1. The molecule has 26 heavy (non-hydrogen) atoms. The molecular formula is C22H18N2O2. The van der Waals surface area contributed by atoms with Crippen LogP contribution in [0, 0.1) is 13.8 Å². The minimum atomic E-state index is -0.161. The van der Waals surface area contributed by atoms with Gasteiger partial charge in [-0.15, -0.1) is 0 Å². The minimum absolute atomic E-state index is 0.161. The molecule has 0 atom stereocenters. The Morgan fingerprint density at radius 3 is 2.62 bits per heavy atom. The predicted octanol–water partition coefficient (Wildman–Crippen LogP) is 5.36. The molecule has 0 aliphatic heterocycles. The number of pyridine rings is 1. The summed E-state index contributed by atoms with van der Waals surface area (Å²) in [6, 6.07) is 19.3. The molecule has 128 valence electrons. The largest absolute Gasteiger partial charge is 0.456 e. The topological polar surface area (TPSA) is 55.1 Å². The highest BCUT2D eigenvalue weighted by atomic mass is 16.3. The lowest BCUT2D eigenvalue weighted by Crippen LogP contribution is -2.14. The van der Waals surface area contributed by atoms with Gasteiger partial charge in [-0.3, -0.25) is 9.78 Å². The Kier molecular flexibility index (Phi) is 4.01. The first kappa shape index (κ1) is 16.1. The molecule has 0 fully saturated rings. The van der Waals surface area contributed by atoms with Crippen LogP contribution in [0.1, 0.15) is 21.6 Å². The maximum Gasteiger partial charge on any atom is 0.257 e. The molecule has 0 aliphatic rings. The Balaban J connectivity index is 1.62. The summed E-state index contributed by atoms with van der Waals surface area (Å²) < 4.78 is 5.95. The highest BCUT2D eigenvalue weighted by molar-refractivity contribution is 6.05. The Bertz CT molecular complexity index is 1080. The summed E-state index contributed by atoms with van der Waals surface area (Å²) in [5.41, 5.74) is 4.94. The number of aromatic nitrogens is 1. The molecule has 0 spiro atoms. The summed E-state index contributed by atoms with van der Waals surface area (Å²) in [5.74, 6) is 0.663. The number of furan rings is 1. The van der Waals surface area contributed by atoms with E-state index >= 15 is 0 Å². The van der Waals surface area contributed by atoms with Crippen LogP contribution in [-0.2, 0) is 0 Å². The van der Waals surface area contributed by atoms with Crippen LogP contribution in [0.4, 0.5) is 5.69 Å². The Hall–Kier alpha value is -3.40. The van der Waals surface area contributed by atoms with Crippen LogP contribution >= 0.6 is 0 Å². The van der Waals surface area contributed by atoms with Gasteiger partial charge in [0.05, 0.1) is 5.56 Å². The number of benzene rings is 2. The van der Waals surface area contributed by atoms with E-state index in [4.69, 9.17) is 4.42 Å². The van der Waals surface area contributed by atoms with E-state index in [2.05, 4.69) is 10.3 Å². The zero-order valence-corrected chi connectivity index (χ0v) is 14.6. The summed E-state index contributed by atoms with van der Waals surface area (Å²) in [6.45, 7) is 3.83. The number of nitrogens with zero attached hydrogens (tertiary/aromatic N) is 1. The molecule has 0 aliphatic carbocycles. The lowest BCUT2D eigenvalue weighted by molar-refractivity contribution is 0.102. The first-order valence-corrected chi connectivity index (χ1v) is 8.44. The van der Waals surface area contributed by atoms with E-state index in [1.165, 1.54) is 0 Å². The van der Waals surface area contributed by atoms with E-state index in [-0.39, 0.29) is 5.91 Å². The third-order valence-corrected chi connectivity index (χ3v) is 4.43. The molecule has 1 N–H and O–H groups in total. The van der Waals surface area contributed by atoms with E-state index in [0.717, 1.165) is 33.5 Å². The van der Waals surface area contributed by atoms with Crippen molar-refractivity contribution in [1.29, 1.82) is 0 Å². The van der Waals surface area contributed by atoms with Crippen molar-refractivity contribution in [2.24, 2.45) is 0 Å². The SMILES string of the molecule is Cc1cc(NC(=O)c2cccnc2C)ccc1-c1cc2ccccc2o1. The minimum Gasteiger partial charge on any atom is -0.456 e. The van der Waals surface area contributed by atoms with Gasteiger partial charge in [-0.05, 0) is 61.9 Å². The molecule has 2 aromatic carbocycles. The standard InChI is InChI=1S/C22H18N2O2/c1-14-12-17(24-22(25)19-7-5-11-23-15(19)2)9-10-18(14)21-13-16-6-3-4-8-20(16)26-21/h3-13H,1-2H3,(H,24,25). The van der Waals surface area contributed by atoms with Gasteiger partial charge in [0, 0.05) is 28.5 Å². The molecule has 4 nitrogen and oxygen atoms in total. The lowest BCUT2D eigenvalue weighted by Gasteiger charge is -2.09. The molecule has 0 saturated carbocycles. The van der Waals surface area contributed by atoms with E-state index in [1.807, 2.05) is 62.4 Å². The van der Waals surface area contributed by atoms with Gasteiger partial charge < -0.3 is 9.73 Å². The first-order chi connectivity index (χ1) is 12.6. The zero-order chi connectivity index (χ0) is 18.1. The summed E-state index contributed by atoms with van der Waals surface area (Å²) >= 11 is 0. The van der Waals surface area contributed by atoms with E-state index in [1.54, 1.807) is 18.3 Å². The molecule has 2 heterocycles. The number of carbonyl (C=O) groups is 1. The summed E-state index contributed by atoms with van der Waals surface area (Å²) in [6.07, 6.45) is 1.68. The second-order valence-electron chi connectivity index (χ2n) is 6.27. The molecule has 2 aromatic heterocycles. The first-order valence-electron chi connectivity index (χ1n) is 8.44. The van der Waals surface area contributed by atoms with Crippen molar-refractivity contribution in [3.8, 4) is 11.3 Å². The summed E-state index contributed by atoms with van der Waals surface area (Å²) in [5, 5.41) is 4.01. The smallest absolute Gasteiger partial charge is 0.257 e. The van der Waals surface area contributed by atoms with Crippen LogP contribution in [0.5, 0.6) is 0 Å². The normalized spacial score (nSPS) is 10.8. The monoisotopic (exact) mass is 342 g/mol. The van der Waals surface area contributed by atoms with Crippen molar-refractivity contribution < 1.29 is 9.21 Å². The molecule has 4 rings (SSSR count). The van der Waals surface area contributed by atoms with E-state index in [0.29, 0.717) is 11.3 Å². The zero-order valence-electron chi connectivity index (χ0n) is 14.6. The average Bonchev–Trinajstić information content (AvgIpc) is 3.06. The van der Waals surface area contributed by atoms with Crippen molar-refractivity contribution in [3.63, 3.8) is 0 Å². The molecular weight excluding hydrogens is 324 g/mol. The van der Waals surface area contributed by atoms with Crippen molar-refractivity contribution >= 4 is 22.6 Å². The Morgan fingerprint density at radius 2 is 1.85 bits per heavy atom. The van der Waals surface area contributed by atoms with Crippen LogP contribution in [-0.4, -0.2) is 10.9 Å². The average molecular weight is 342 g/mol. The molecule has 0 unspecified atom stereocenters. The highest BCUT2D eigenvalue weighted by Gasteiger charge is 2.12. The lowest BCUT2D eigenvalue weighted by atomic mass is 10.0. The van der Waals surface area contributed by atoms with Gasteiger partial charge >= 0.3 is 0 Å². The van der Waals surface area contributed by atoms with Gasteiger partial charge in [0.1, 0.15) is 11.3 Å². The fraction of sp³-hybridized carbons (Fsp3) is 0.0909. The summed E-state index contributed by atoms with van der Waals surface area (Å²) in [7, 11) is 0. The Morgan fingerprint density at radius 1 is 1.00 bits per heavy atom. The fourth-order valence-electron chi connectivity index (χ4n) is 3.06. The second-order valence-corrected chi connectivity index (χ2v) is 6.27. The van der Waals surface area contributed by atoms with Crippen LogP contribution in [0.3, 0.4) is 0 Å². The maximum atomic E-state index is 12.4. The van der Waals surface area contributed by atoms with Gasteiger partial charge in [0.15, 0.2) is 0 Å². The predicted molar refractivity (Wildman–Crippen MR) is 103 cm³/mol. The van der Waals surface area contributed by atoms with Gasteiger partial charge in [-0.1, -0.05) is 18.2 Å². The molecule has 0 saturated heterocycles. The van der Waals surface area contributed by atoms with Crippen LogP contribution in [0.15, 0.2) is 71.3 Å². The number of anilines is 1. The number of carbonyl (C=O) groups excluding carboxylic acids is 1. The Labute approximate surface area is 151 Å². The molecule has 4 heteroatoms. The van der Waals surface area contributed by atoms with Gasteiger partial charge in [0.2, 0.25) is 0 Å². The van der Waals surface area contributed by atoms with Crippen LogP contribution in [0.25, 0.3) is 22.3 Å². The van der Waals surface area contributed by atoms with Gasteiger partial charge in [0.25, 0.3) is 5.91 Å². The second kappa shape index (κ2) is 6.48. The fourth-order valence-corrected chi connectivity index (χ4v) is 3.06. The third kappa shape index (κ3) is 2.97. The molecule has 4 aromatic rings. The van der Waals surface area contributed by atoms with Crippen molar-refractivity contribution in [2.45, 2.75) is 13.8 Å². The maximum absolute atomic E-state index is 12.4. The number of nitrogens with one attached hydrogen (secondary N) is 1. The number of fused-ring (bicyclic) bond motifs is 1. The molecule has 1 amide bonds. The number of hydrogen-bond acceptors (Lipinski definition) is 3. The molecule has 0 bridgehead atoms.